The smallest absolute Gasteiger partial charge is 0.343 e. The van der Waals surface area contributed by atoms with Crippen LogP contribution in [-0.2, 0) is 4.74 Å². The van der Waals surface area contributed by atoms with Gasteiger partial charge < -0.3 is 21.5 Å². The van der Waals surface area contributed by atoms with Gasteiger partial charge in [0.05, 0.1) is 12.3 Å². The molecule has 0 bridgehead atoms. The Kier molecular flexibility index (Phi) is 5.06. The number of ether oxygens (including phenoxy) is 1. The number of nitrogens with one attached hydrogen (secondary N) is 1. The summed E-state index contributed by atoms with van der Waals surface area (Å²) in [6, 6.07) is 0.297. The van der Waals surface area contributed by atoms with Gasteiger partial charge in [-0.3, -0.25) is 4.79 Å². The molecule has 0 saturated heterocycles. The first-order chi connectivity index (χ1) is 10.0. The van der Waals surface area contributed by atoms with Crippen molar-refractivity contribution in [1.29, 1.82) is 0 Å². The van der Waals surface area contributed by atoms with Gasteiger partial charge in [0.15, 0.2) is 0 Å². The monoisotopic (exact) mass is 311 g/mol. The lowest BCUT2D eigenvalue weighted by Gasteiger charge is -2.23. The van der Waals surface area contributed by atoms with E-state index in [0.717, 1.165) is 37.0 Å². The summed E-state index contributed by atoms with van der Waals surface area (Å²) in [7, 11) is 0. The van der Waals surface area contributed by atoms with E-state index in [1.165, 1.54) is 6.42 Å². The van der Waals surface area contributed by atoms with Crippen molar-refractivity contribution in [3.63, 3.8) is 0 Å². The van der Waals surface area contributed by atoms with Crippen LogP contribution in [0.15, 0.2) is 0 Å². The number of carbonyl (C=O) groups excluding carboxylic acids is 2. The third-order valence-corrected chi connectivity index (χ3v) is 4.74. The first kappa shape index (κ1) is 15.6. The summed E-state index contributed by atoms with van der Waals surface area (Å²) >= 11 is 1.13. The van der Waals surface area contributed by atoms with E-state index in [9.17, 15) is 9.59 Å². The number of anilines is 2. The van der Waals surface area contributed by atoms with Gasteiger partial charge in [0.25, 0.3) is 5.91 Å². The SMILES string of the molecule is CCOC(=O)c1c(NC2CCCCC2)sc(C(N)=O)c1N. The van der Waals surface area contributed by atoms with Gasteiger partial charge in [-0.15, -0.1) is 11.3 Å². The van der Waals surface area contributed by atoms with E-state index < -0.39 is 11.9 Å². The van der Waals surface area contributed by atoms with E-state index in [4.69, 9.17) is 16.2 Å². The van der Waals surface area contributed by atoms with E-state index in [1.807, 2.05) is 0 Å². The van der Waals surface area contributed by atoms with Crippen LogP contribution in [0, 0.1) is 0 Å². The predicted molar refractivity (Wildman–Crippen MR) is 83.7 cm³/mol. The van der Waals surface area contributed by atoms with Gasteiger partial charge in [-0.1, -0.05) is 19.3 Å². The highest BCUT2D eigenvalue weighted by Gasteiger charge is 2.27. The first-order valence-electron chi connectivity index (χ1n) is 7.20. The summed E-state index contributed by atoms with van der Waals surface area (Å²) in [5, 5.41) is 3.92. The lowest BCUT2D eigenvalue weighted by Crippen LogP contribution is -2.23. The van der Waals surface area contributed by atoms with Gasteiger partial charge in [0.2, 0.25) is 0 Å². The van der Waals surface area contributed by atoms with Crippen LogP contribution in [0.3, 0.4) is 0 Å². The van der Waals surface area contributed by atoms with Gasteiger partial charge in [0.1, 0.15) is 15.4 Å². The fourth-order valence-electron chi connectivity index (χ4n) is 2.57. The Hall–Kier alpha value is -1.76. The molecule has 0 spiro atoms. The highest BCUT2D eigenvalue weighted by Crippen LogP contribution is 2.37. The van der Waals surface area contributed by atoms with Crippen molar-refractivity contribution < 1.29 is 14.3 Å². The normalized spacial score (nSPS) is 15.7. The second kappa shape index (κ2) is 6.80. The molecule has 2 rings (SSSR count). The number of thiophene rings is 1. The lowest BCUT2D eigenvalue weighted by molar-refractivity contribution is 0.0529. The molecule has 0 atom stereocenters. The maximum Gasteiger partial charge on any atom is 0.343 e. The summed E-state index contributed by atoms with van der Waals surface area (Å²) in [6.45, 7) is 1.98. The van der Waals surface area contributed by atoms with Crippen molar-refractivity contribution in [2.45, 2.75) is 45.1 Å². The van der Waals surface area contributed by atoms with Crippen molar-refractivity contribution in [2.75, 3.05) is 17.7 Å². The van der Waals surface area contributed by atoms with Crippen LogP contribution in [-0.4, -0.2) is 24.5 Å². The van der Waals surface area contributed by atoms with Crippen LogP contribution in [0.25, 0.3) is 0 Å². The molecule has 1 saturated carbocycles. The molecule has 116 valence electrons. The summed E-state index contributed by atoms with van der Waals surface area (Å²) < 4.78 is 5.03. The summed E-state index contributed by atoms with van der Waals surface area (Å²) in [6.07, 6.45) is 5.66. The number of hydrogen-bond acceptors (Lipinski definition) is 6. The lowest BCUT2D eigenvalue weighted by atomic mass is 9.95. The van der Waals surface area contributed by atoms with Crippen LogP contribution in [0.1, 0.15) is 59.1 Å². The third-order valence-electron chi connectivity index (χ3n) is 3.59. The summed E-state index contributed by atoms with van der Waals surface area (Å²) in [5.74, 6) is -1.14. The number of primary amides is 1. The molecule has 7 heteroatoms. The second-order valence-electron chi connectivity index (χ2n) is 5.11. The fourth-order valence-corrected chi connectivity index (χ4v) is 3.60. The molecule has 1 aromatic heterocycles. The van der Waals surface area contributed by atoms with E-state index >= 15 is 0 Å². The minimum absolute atomic E-state index is 0.115. The van der Waals surface area contributed by atoms with Gasteiger partial charge in [-0.05, 0) is 19.8 Å². The number of nitrogens with two attached hydrogens (primary N) is 2. The molecule has 1 heterocycles. The van der Waals surface area contributed by atoms with Gasteiger partial charge in [-0.25, -0.2) is 4.79 Å². The fraction of sp³-hybridized carbons (Fsp3) is 0.571. The second-order valence-corrected chi connectivity index (χ2v) is 6.13. The molecule has 1 aliphatic carbocycles. The molecule has 1 aromatic rings. The quantitative estimate of drug-likeness (QED) is 0.723. The molecule has 21 heavy (non-hydrogen) atoms. The zero-order chi connectivity index (χ0) is 15.4. The molecule has 6 nitrogen and oxygen atoms in total. The molecule has 0 unspecified atom stereocenters. The Labute approximate surface area is 127 Å². The molecular weight excluding hydrogens is 290 g/mol. The average Bonchev–Trinajstić information content (AvgIpc) is 2.77. The summed E-state index contributed by atoms with van der Waals surface area (Å²) in [5.41, 5.74) is 11.6. The van der Waals surface area contributed by atoms with Gasteiger partial charge in [0, 0.05) is 6.04 Å². The maximum absolute atomic E-state index is 12.1. The first-order valence-corrected chi connectivity index (χ1v) is 8.02. The van der Waals surface area contributed by atoms with Crippen LogP contribution in [0.2, 0.25) is 0 Å². The third kappa shape index (κ3) is 3.47. The zero-order valence-electron chi connectivity index (χ0n) is 12.1. The van der Waals surface area contributed by atoms with E-state index in [0.29, 0.717) is 11.0 Å². The van der Waals surface area contributed by atoms with Crippen LogP contribution < -0.4 is 16.8 Å². The highest BCUT2D eigenvalue weighted by molar-refractivity contribution is 7.19. The minimum atomic E-state index is -0.625. The number of nitrogen functional groups attached to an aromatic ring is 1. The van der Waals surface area contributed by atoms with E-state index in [2.05, 4.69) is 5.32 Å². The number of hydrogen-bond donors (Lipinski definition) is 3. The zero-order valence-corrected chi connectivity index (χ0v) is 12.9. The van der Waals surface area contributed by atoms with Gasteiger partial charge in [-0.2, -0.15) is 0 Å². The minimum Gasteiger partial charge on any atom is -0.462 e. The number of rotatable bonds is 5. The molecule has 0 radical (unpaired) electrons. The summed E-state index contributed by atoms with van der Waals surface area (Å²) in [4.78, 5) is 23.7. The largest absolute Gasteiger partial charge is 0.462 e. The number of esters is 1. The molecule has 1 fully saturated rings. The average molecular weight is 311 g/mol. The van der Waals surface area contributed by atoms with Crippen LogP contribution in [0.5, 0.6) is 0 Å². The maximum atomic E-state index is 12.1. The Morgan fingerprint density at radius 2 is 2.00 bits per heavy atom. The highest BCUT2D eigenvalue weighted by atomic mass is 32.1. The van der Waals surface area contributed by atoms with Crippen molar-refractivity contribution >= 4 is 33.9 Å². The topological polar surface area (TPSA) is 107 Å². The molecular formula is C14H21N3O3S. The Morgan fingerprint density at radius 3 is 2.57 bits per heavy atom. The van der Waals surface area contributed by atoms with Crippen LogP contribution >= 0.6 is 11.3 Å². The van der Waals surface area contributed by atoms with Crippen molar-refractivity contribution in [1.82, 2.24) is 0 Å². The predicted octanol–water partition coefficient (Wildman–Crippen LogP) is 2.35. The molecule has 1 amide bonds. The Morgan fingerprint density at radius 1 is 1.33 bits per heavy atom. The molecule has 0 aromatic carbocycles. The molecule has 5 N–H and O–H groups in total. The molecule has 0 aliphatic heterocycles. The number of amides is 1. The van der Waals surface area contributed by atoms with E-state index in [1.54, 1.807) is 6.92 Å². The molecule has 1 aliphatic rings. The van der Waals surface area contributed by atoms with Crippen molar-refractivity contribution in [2.24, 2.45) is 5.73 Å². The number of carbonyl (C=O) groups is 2. The van der Waals surface area contributed by atoms with Crippen LogP contribution in [0.4, 0.5) is 10.7 Å². The Balaban J connectivity index is 2.30. The van der Waals surface area contributed by atoms with Crippen molar-refractivity contribution in [3.8, 4) is 0 Å². The van der Waals surface area contributed by atoms with Gasteiger partial charge >= 0.3 is 5.97 Å². The standard InChI is InChI=1S/C14H21N3O3S/c1-2-20-14(19)9-10(15)11(12(16)18)21-13(9)17-8-6-4-3-5-7-8/h8,17H,2-7,15H2,1H3,(H2,16,18). The van der Waals surface area contributed by atoms with E-state index in [-0.39, 0.29) is 22.7 Å². The Bertz CT molecular complexity index is 536. The van der Waals surface area contributed by atoms with Crippen molar-refractivity contribution in [3.05, 3.63) is 10.4 Å².